The lowest BCUT2D eigenvalue weighted by Gasteiger charge is -2.12. The van der Waals surface area contributed by atoms with Crippen LogP contribution in [0.3, 0.4) is 0 Å². The number of thioether (sulfide) groups is 1. The Kier molecular flexibility index (Phi) is 4.23. The number of aromatic nitrogens is 3. The lowest BCUT2D eigenvalue weighted by Crippen LogP contribution is -1.96. The largest absolute Gasteiger partial charge is 0.354 e. The molecule has 0 atom stereocenters. The summed E-state index contributed by atoms with van der Waals surface area (Å²) in [6, 6.07) is 14.2. The predicted molar refractivity (Wildman–Crippen MR) is 107 cm³/mol. The number of H-pyrrole nitrogens is 1. The van der Waals surface area contributed by atoms with Gasteiger partial charge in [-0.15, -0.1) is 11.8 Å². The molecule has 2 heterocycles. The fourth-order valence-corrected chi connectivity index (χ4v) is 3.79. The maximum absolute atomic E-state index is 9.51. The van der Waals surface area contributed by atoms with Crippen LogP contribution < -0.4 is 5.32 Å². The second-order valence-electron chi connectivity index (χ2n) is 6.30. The van der Waals surface area contributed by atoms with E-state index in [0.717, 1.165) is 33.2 Å². The maximum atomic E-state index is 9.51. The van der Waals surface area contributed by atoms with Crippen molar-refractivity contribution < 1.29 is 0 Å². The first kappa shape index (κ1) is 16.4. The van der Waals surface area contributed by atoms with E-state index >= 15 is 0 Å². The van der Waals surface area contributed by atoms with Gasteiger partial charge in [0.25, 0.3) is 0 Å². The van der Waals surface area contributed by atoms with Crippen molar-refractivity contribution >= 4 is 44.9 Å². The molecule has 0 unspecified atom stereocenters. The molecule has 0 spiro atoms. The van der Waals surface area contributed by atoms with Gasteiger partial charge in [-0.25, -0.2) is 0 Å². The van der Waals surface area contributed by atoms with Crippen molar-refractivity contribution in [3.8, 4) is 6.07 Å². The Labute approximate surface area is 155 Å². The van der Waals surface area contributed by atoms with Crippen molar-refractivity contribution in [1.82, 2.24) is 15.2 Å². The van der Waals surface area contributed by atoms with Gasteiger partial charge >= 0.3 is 0 Å². The molecular formula is C20H17N5S. The molecule has 0 saturated heterocycles. The summed E-state index contributed by atoms with van der Waals surface area (Å²) in [5, 5.41) is 22.4. The number of nitrogens with one attached hydrogen (secondary N) is 2. The molecule has 128 valence electrons. The molecule has 0 amide bonds. The molecule has 0 saturated carbocycles. The number of benzene rings is 2. The van der Waals surface area contributed by atoms with E-state index in [4.69, 9.17) is 0 Å². The smallest absolute Gasteiger partial charge is 0.101 e. The summed E-state index contributed by atoms with van der Waals surface area (Å²) in [7, 11) is 0. The molecule has 0 aliphatic rings. The van der Waals surface area contributed by atoms with Crippen molar-refractivity contribution in [3.63, 3.8) is 0 Å². The highest BCUT2D eigenvalue weighted by Gasteiger charge is 2.10. The van der Waals surface area contributed by atoms with Gasteiger partial charge in [-0.3, -0.25) is 10.1 Å². The van der Waals surface area contributed by atoms with Gasteiger partial charge < -0.3 is 5.32 Å². The number of fused-ring (bicyclic) bond motifs is 2. The number of hydrogen-bond acceptors (Lipinski definition) is 5. The molecule has 6 heteroatoms. The zero-order valence-electron chi connectivity index (χ0n) is 14.4. The summed E-state index contributed by atoms with van der Waals surface area (Å²) >= 11 is 1.82. The van der Waals surface area contributed by atoms with E-state index < -0.39 is 0 Å². The SMILES string of the molecule is CC(C)Sc1ccc2nccc(Nc3cc4[nH]ncc4cc3C#N)c2c1. The molecule has 5 nitrogen and oxygen atoms in total. The molecule has 2 aromatic carbocycles. The van der Waals surface area contributed by atoms with Crippen LogP contribution >= 0.6 is 11.8 Å². The minimum Gasteiger partial charge on any atom is -0.354 e. The fraction of sp³-hybridized carbons (Fsp3) is 0.150. The van der Waals surface area contributed by atoms with Gasteiger partial charge in [0.2, 0.25) is 0 Å². The molecular weight excluding hydrogens is 342 g/mol. The first-order valence-corrected chi connectivity index (χ1v) is 9.21. The van der Waals surface area contributed by atoms with Crippen LogP contribution in [0, 0.1) is 11.3 Å². The van der Waals surface area contributed by atoms with Crippen molar-refractivity contribution in [2.75, 3.05) is 5.32 Å². The molecule has 26 heavy (non-hydrogen) atoms. The number of hydrogen-bond donors (Lipinski definition) is 2. The molecule has 2 aromatic heterocycles. The Morgan fingerprint density at radius 1 is 1.15 bits per heavy atom. The summed E-state index contributed by atoms with van der Waals surface area (Å²) in [6.07, 6.45) is 3.50. The number of nitriles is 1. The highest BCUT2D eigenvalue weighted by Crippen LogP contribution is 2.32. The van der Waals surface area contributed by atoms with Gasteiger partial charge in [-0.1, -0.05) is 13.8 Å². The van der Waals surface area contributed by atoms with E-state index in [-0.39, 0.29) is 0 Å². The molecule has 2 N–H and O–H groups in total. The zero-order valence-corrected chi connectivity index (χ0v) is 15.3. The van der Waals surface area contributed by atoms with E-state index in [1.54, 1.807) is 12.4 Å². The number of anilines is 2. The highest BCUT2D eigenvalue weighted by atomic mass is 32.2. The third-order valence-corrected chi connectivity index (χ3v) is 5.05. The van der Waals surface area contributed by atoms with Crippen LogP contribution in [0.15, 0.2) is 53.7 Å². The predicted octanol–water partition coefficient (Wildman–Crippen LogP) is 5.23. The van der Waals surface area contributed by atoms with Gasteiger partial charge in [0.1, 0.15) is 6.07 Å². The van der Waals surface area contributed by atoms with Crippen LogP contribution in [0.5, 0.6) is 0 Å². The minimum absolute atomic E-state index is 0.508. The van der Waals surface area contributed by atoms with Crippen LogP contribution in [-0.2, 0) is 0 Å². The van der Waals surface area contributed by atoms with Crippen molar-refractivity contribution in [1.29, 1.82) is 5.26 Å². The third-order valence-electron chi connectivity index (χ3n) is 4.05. The summed E-state index contributed by atoms with van der Waals surface area (Å²) < 4.78 is 0. The van der Waals surface area contributed by atoms with E-state index in [1.807, 2.05) is 36.0 Å². The van der Waals surface area contributed by atoms with Gasteiger partial charge in [0, 0.05) is 32.8 Å². The second-order valence-corrected chi connectivity index (χ2v) is 7.95. The Bertz CT molecular complexity index is 1140. The normalized spacial score (nSPS) is 11.2. The lowest BCUT2D eigenvalue weighted by atomic mass is 10.1. The van der Waals surface area contributed by atoms with Crippen LogP contribution in [-0.4, -0.2) is 20.4 Å². The van der Waals surface area contributed by atoms with Crippen LogP contribution in [0.25, 0.3) is 21.8 Å². The number of aromatic amines is 1. The molecule has 0 bridgehead atoms. The Balaban J connectivity index is 1.80. The van der Waals surface area contributed by atoms with Crippen LogP contribution in [0.2, 0.25) is 0 Å². The Hall–Kier alpha value is -3.04. The van der Waals surface area contributed by atoms with E-state index in [2.05, 4.69) is 52.5 Å². The minimum atomic E-state index is 0.508. The number of rotatable bonds is 4. The quantitative estimate of drug-likeness (QED) is 0.488. The zero-order chi connectivity index (χ0) is 18.1. The monoisotopic (exact) mass is 359 g/mol. The van der Waals surface area contributed by atoms with Crippen molar-refractivity contribution in [3.05, 3.63) is 54.4 Å². The first-order chi connectivity index (χ1) is 12.6. The van der Waals surface area contributed by atoms with Gasteiger partial charge in [-0.2, -0.15) is 10.4 Å². The van der Waals surface area contributed by atoms with Crippen LogP contribution in [0.4, 0.5) is 11.4 Å². The number of pyridine rings is 1. The molecule has 0 aliphatic heterocycles. The van der Waals surface area contributed by atoms with Gasteiger partial charge in [0.15, 0.2) is 0 Å². The Morgan fingerprint density at radius 2 is 2.04 bits per heavy atom. The topological polar surface area (TPSA) is 77.4 Å². The molecule has 0 fully saturated rings. The molecule has 0 radical (unpaired) electrons. The van der Waals surface area contributed by atoms with E-state index in [0.29, 0.717) is 10.8 Å². The standard InChI is InChI=1S/C20H17N5S/c1-12(2)26-15-3-4-17-16(8-15)18(5-6-22-17)24-19-9-20-14(11-23-25-20)7-13(19)10-21/h3-9,11-12H,1-2H3,(H,22,24)(H,23,25). The summed E-state index contributed by atoms with van der Waals surface area (Å²) in [4.78, 5) is 5.66. The molecule has 4 rings (SSSR count). The second kappa shape index (κ2) is 6.70. The van der Waals surface area contributed by atoms with Gasteiger partial charge in [0.05, 0.1) is 28.5 Å². The van der Waals surface area contributed by atoms with Crippen molar-refractivity contribution in [2.45, 2.75) is 24.0 Å². The van der Waals surface area contributed by atoms with Crippen LogP contribution in [0.1, 0.15) is 19.4 Å². The van der Waals surface area contributed by atoms with E-state index in [9.17, 15) is 5.26 Å². The summed E-state index contributed by atoms with van der Waals surface area (Å²) in [6.45, 7) is 4.35. The maximum Gasteiger partial charge on any atom is 0.101 e. The van der Waals surface area contributed by atoms with Gasteiger partial charge in [-0.05, 0) is 36.4 Å². The molecule has 4 aromatic rings. The van der Waals surface area contributed by atoms with E-state index in [1.165, 1.54) is 4.90 Å². The third kappa shape index (κ3) is 3.09. The van der Waals surface area contributed by atoms with Crippen molar-refractivity contribution in [2.24, 2.45) is 0 Å². The molecule has 0 aliphatic carbocycles. The Morgan fingerprint density at radius 3 is 2.85 bits per heavy atom. The fourth-order valence-electron chi connectivity index (χ4n) is 2.91. The lowest BCUT2D eigenvalue weighted by molar-refractivity contribution is 1.11. The average Bonchev–Trinajstić information content (AvgIpc) is 3.08. The first-order valence-electron chi connectivity index (χ1n) is 8.34. The average molecular weight is 359 g/mol. The number of nitrogens with zero attached hydrogens (tertiary/aromatic N) is 3. The summed E-state index contributed by atoms with van der Waals surface area (Å²) in [5.41, 5.74) is 4.07. The summed E-state index contributed by atoms with van der Waals surface area (Å²) in [5.74, 6) is 0. The highest BCUT2D eigenvalue weighted by molar-refractivity contribution is 7.99.